The molecule has 5 heteroatoms. The van der Waals surface area contributed by atoms with E-state index in [2.05, 4.69) is 43.1 Å². The highest BCUT2D eigenvalue weighted by atomic mass is 16.4. The molecule has 2 unspecified atom stereocenters. The Morgan fingerprint density at radius 3 is 2.37 bits per heavy atom. The number of hydrogen-bond acceptors (Lipinski definition) is 4. The molecule has 19 heavy (non-hydrogen) atoms. The van der Waals surface area contributed by atoms with Crippen LogP contribution in [0.3, 0.4) is 0 Å². The lowest BCUT2D eigenvalue weighted by Crippen LogP contribution is -2.44. The molecule has 0 saturated carbocycles. The van der Waals surface area contributed by atoms with Gasteiger partial charge in [-0.05, 0) is 47.0 Å². The second-order valence-corrected chi connectivity index (χ2v) is 5.37. The minimum absolute atomic E-state index is 0.430. The lowest BCUT2D eigenvalue weighted by Gasteiger charge is -2.30. The first kappa shape index (κ1) is 18.4. The predicted molar refractivity (Wildman–Crippen MR) is 79.6 cm³/mol. The van der Waals surface area contributed by atoms with E-state index in [-0.39, 0.29) is 0 Å². The highest BCUT2D eigenvalue weighted by molar-refractivity contribution is 5.73. The van der Waals surface area contributed by atoms with Crippen LogP contribution in [0, 0.1) is 0 Å². The molecule has 0 aliphatic carbocycles. The number of hydrogen-bond donors (Lipinski definition) is 2. The first-order chi connectivity index (χ1) is 8.92. The van der Waals surface area contributed by atoms with Gasteiger partial charge in [-0.3, -0.25) is 9.69 Å². The highest BCUT2D eigenvalue weighted by Gasteiger charge is 2.19. The van der Waals surface area contributed by atoms with Crippen molar-refractivity contribution in [1.82, 2.24) is 15.1 Å². The topological polar surface area (TPSA) is 55.8 Å². The van der Waals surface area contributed by atoms with Crippen molar-refractivity contribution in [2.75, 3.05) is 40.3 Å². The number of carbonyl (C=O) groups is 1. The van der Waals surface area contributed by atoms with Gasteiger partial charge < -0.3 is 15.3 Å². The standard InChI is InChI=1S/C14H31N3O2/c1-6-9-15-13(14(18)19)8-10-17(7-2)12(3)11-16(4)5/h12-13,15H,6-11H2,1-5H3,(H,18,19). The third kappa shape index (κ3) is 8.18. The van der Waals surface area contributed by atoms with E-state index in [1.807, 2.05) is 6.92 Å². The number of nitrogens with one attached hydrogen (secondary N) is 1. The van der Waals surface area contributed by atoms with Crippen LogP contribution in [0.15, 0.2) is 0 Å². The van der Waals surface area contributed by atoms with Gasteiger partial charge in [0.05, 0.1) is 0 Å². The SMILES string of the molecule is CCCNC(CCN(CC)C(C)CN(C)C)C(=O)O. The first-order valence-electron chi connectivity index (χ1n) is 7.27. The molecule has 0 heterocycles. The van der Waals surface area contributed by atoms with Gasteiger partial charge in [0, 0.05) is 19.1 Å². The molecule has 0 aromatic rings. The molecule has 2 atom stereocenters. The van der Waals surface area contributed by atoms with E-state index in [0.717, 1.165) is 32.6 Å². The van der Waals surface area contributed by atoms with E-state index in [1.54, 1.807) is 0 Å². The zero-order chi connectivity index (χ0) is 14.8. The summed E-state index contributed by atoms with van der Waals surface area (Å²) in [5.41, 5.74) is 0. The van der Waals surface area contributed by atoms with E-state index < -0.39 is 12.0 Å². The molecule has 0 bridgehead atoms. The number of aliphatic carboxylic acids is 1. The van der Waals surface area contributed by atoms with Gasteiger partial charge in [-0.2, -0.15) is 0 Å². The maximum Gasteiger partial charge on any atom is 0.320 e. The van der Waals surface area contributed by atoms with Crippen molar-refractivity contribution in [2.45, 2.75) is 45.7 Å². The number of carboxylic acids is 1. The van der Waals surface area contributed by atoms with Gasteiger partial charge in [0.25, 0.3) is 0 Å². The van der Waals surface area contributed by atoms with Crippen molar-refractivity contribution >= 4 is 5.97 Å². The van der Waals surface area contributed by atoms with Gasteiger partial charge in [0.15, 0.2) is 0 Å². The Morgan fingerprint density at radius 2 is 1.95 bits per heavy atom. The molecule has 2 N–H and O–H groups in total. The summed E-state index contributed by atoms with van der Waals surface area (Å²) in [7, 11) is 4.13. The van der Waals surface area contributed by atoms with Crippen LogP contribution in [0.4, 0.5) is 0 Å². The summed E-state index contributed by atoms with van der Waals surface area (Å²) >= 11 is 0. The molecule has 0 fully saturated rings. The molecule has 0 radical (unpaired) electrons. The van der Waals surface area contributed by atoms with Gasteiger partial charge >= 0.3 is 5.97 Å². The van der Waals surface area contributed by atoms with E-state index >= 15 is 0 Å². The molecule has 114 valence electrons. The van der Waals surface area contributed by atoms with Crippen LogP contribution in [0.25, 0.3) is 0 Å². The quantitative estimate of drug-likeness (QED) is 0.590. The van der Waals surface area contributed by atoms with Crippen LogP contribution < -0.4 is 5.32 Å². The molecular formula is C14H31N3O2. The Balaban J connectivity index is 4.24. The number of rotatable bonds is 11. The Hall–Kier alpha value is -0.650. The number of carboxylic acid groups (broad SMARTS) is 1. The lowest BCUT2D eigenvalue weighted by molar-refractivity contribution is -0.139. The van der Waals surface area contributed by atoms with Crippen molar-refractivity contribution in [3.63, 3.8) is 0 Å². The summed E-state index contributed by atoms with van der Waals surface area (Å²) in [6.07, 6.45) is 1.61. The highest BCUT2D eigenvalue weighted by Crippen LogP contribution is 2.04. The third-order valence-corrected chi connectivity index (χ3v) is 3.30. The van der Waals surface area contributed by atoms with Crippen molar-refractivity contribution in [2.24, 2.45) is 0 Å². The van der Waals surface area contributed by atoms with Crippen LogP contribution in [0.1, 0.15) is 33.6 Å². The fourth-order valence-electron chi connectivity index (χ4n) is 2.26. The van der Waals surface area contributed by atoms with Gasteiger partial charge in [-0.25, -0.2) is 0 Å². The van der Waals surface area contributed by atoms with E-state index in [1.165, 1.54) is 0 Å². The zero-order valence-corrected chi connectivity index (χ0v) is 13.1. The Labute approximate surface area is 118 Å². The maximum absolute atomic E-state index is 11.2. The normalized spacial score (nSPS) is 14.9. The van der Waals surface area contributed by atoms with Gasteiger partial charge in [-0.1, -0.05) is 13.8 Å². The van der Waals surface area contributed by atoms with Crippen LogP contribution in [-0.2, 0) is 4.79 Å². The second kappa shape index (κ2) is 10.2. The molecule has 0 spiro atoms. The molecule has 0 aliphatic heterocycles. The van der Waals surface area contributed by atoms with Gasteiger partial charge in [0.1, 0.15) is 6.04 Å². The molecule has 0 amide bonds. The second-order valence-electron chi connectivity index (χ2n) is 5.37. The Kier molecular flexibility index (Phi) is 9.83. The summed E-state index contributed by atoms with van der Waals surface area (Å²) in [4.78, 5) is 15.7. The number of nitrogens with zero attached hydrogens (tertiary/aromatic N) is 2. The largest absolute Gasteiger partial charge is 0.480 e. The Morgan fingerprint density at radius 1 is 1.32 bits per heavy atom. The lowest BCUT2D eigenvalue weighted by atomic mass is 10.1. The van der Waals surface area contributed by atoms with Crippen molar-refractivity contribution in [1.29, 1.82) is 0 Å². The van der Waals surface area contributed by atoms with Gasteiger partial charge in [-0.15, -0.1) is 0 Å². The average molecular weight is 273 g/mol. The molecule has 5 nitrogen and oxygen atoms in total. The molecule has 0 rings (SSSR count). The fourth-order valence-corrected chi connectivity index (χ4v) is 2.26. The third-order valence-electron chi connectivity index (χ3n) is 3.30. The minimum Gasteiger partial charge on any atom is -0.480 e. The predicted octanol–water partition coefficient (Wildman–Crippen LogP) is 1.10. The fraction of sp³-hybridized carbons (Fsp3) is 0.929. The van der Waals surface area contributed by atoms with E-state index in [0.29, 0.717) is 12.5 Å². The van der Waals surface area contributed by atoms with Crippen LogP contribution in [-0.4, -0.2) is 73.2 Å². The monoisotopic (exact) mass is 273 g/mol. The molecule has 0 aromatic carbocycles. The Bertz CT molecular complexity index is 247. The summed E-state index contributed by atoms with van der Waals surface area (Å²) in [6.45, 7) is 9.89. The first-order valence-corrected chi connectivity index (χ1v) is 7.27. The average Bonchev–Trinajstić information content (AvgIpc) is 2.32. The van der Waals surface area contributed by atoms with Crippen molar-refractivity contribution in [3.05, 3.63) is 0 Å². The molecule has 0 aliphatic rings. The van der Waals surface area contributed by atoms with E-state index in [4.69, 9.17) is 0 Å². The van der Waals surface area contributed by atoms with Crippen molar-refractivity contribution < 1.29 is 9.90 Å². The maximum atomic E-state index is 11.2. The summed E-state index contributed by atoms with van der Waals surface area (Å²) in [5.74, 6) is -0.746. The zero-order valence-electron chi connectivity index (χ0n) is 13.1. The van der Waals surface area contributed by atoms with E-state index in [9.17, 15) is 9.90 Å². The smallest absolute Gasteiger partial charge is 0.320 e. The molecular weight excluding hydrogens is 242 g/mol. The summed E-state index contributed by atoms with van der Waals surface area (Å²) in [6, 6.07) is 0.0150. The van der Waals surface area contributed by atoms with Crippen molar-refractivity contribution in [3.8, 4) is 0 Å². The number of likely N-dealkylation sites (N-methyl/N-ethyl adjacent to an activating group) is 2. The summed E-state index contributed by atoms with van der Waals surface area (Å²) < 4.78 is 0. The van der Waals surface area contributed by atoms with Crippen LogP contribution in [0.2, 0.25) is 0 Å². The summed E-state index contributed by atoms with van der Waals surface area (Å²) in [5, 5.41) is 12.3. The molecule has 0 saturated heterocycles. The molecule has 0 aromatic heterocycles. The van der Waals surface area contributed by atoms with Gasteiger partial charge in [0.2, 0.25) is 0 Å². The minimum atomic E-state index is -0.746. The van der Waals surface area contributed by atoms with Crippen LogP contribution >= 0.6 is 0 Å². The van der Waals surface area contributed by atoms with Crippen LogP contribution in [0.5, 0.6) is 0 Å².